The molecule has 23 heavy (non-hydrogen) atoms. The largest absolute Gasteiger partial charge is 0.459 e. The van der Waals surface area contributed by atoms with E-state index in [9.17, 15) is 9.59 Å². The number of carbonyl (C=O) groups is 2. The number of primary amides is 1. The Morgan fingerprint density at radius 3 is 2.74 bits per heavy atom. The Hall–Kier alpha value is -2.64. The molecule has 2 rings (SSSR count). The van der Waals surface area contributed by atoms with Crippen LogP contribution in [0.2, 0.25) is 0 Å². The fourth-order valence-electron chi connectivity index (χ4n) is 2.07. The summed E-state index contributed by atoms with van der Waals surface area (Å²) < 4.78 is 5.02. The van der Waals surface area contributed by atoms with E-state index in [2.05, 4.69) is 10.6 Å². The Bertz CT molecular complexity index is 668. The number of nitrogens with one attached hydrogen (secondary N) is 2. The van der Waals surface area contributed by atoms with Crippen LogP contribution in [0.1, 0.15) is 26.5 Å². The van der Waals surface area contributed by atoms with E-state index in [4.69, 9.17) is 15.3 Å². The number of rotatable bonds is 8. The quantitative estimate of drug-likeness (QED) is 0.536. The standard InChI is InChI=1S/C16H18N3O4/c17-15(21)14-11(6-7-18-8-9-20)3-1-4-12(14)19-16(22)13-5-2-10-23-13/h1-6,10,18,20H,7-9H2,(H2,17,21)(H,19,22). The smallest absolute Gasteiger partial charge is 0.291 e. The van der Waals surface area contributed by atoms with Crippen molar-refractivity contribution in [3.63, 3.8) is 0 Å². The summed E-state index contributed by atoms with van der Waals surface area (Å²) >= 11 is 0. The fourth-order valence-corrected chi connectivity index (χ4v) is 2.07. The second-order valence-corrected chi connectivity index (χ2v) is 4.70. The van der Waals surface area contributed by atoms with Crippen molar-refractivity contribution in [1.29, 1.82) is 0 Å². The second kappa shape index (κ2) is 8.11. The fraction of sp³-hybridized carbons (Fsp3) is 0.188. The maximum Gasteiger partial charge on any atom is 0.291 e. The highest BCUT2D eigenvalue weighted by atomic mass is 16.3. The maximum absolute atomic E-state index is 12.1. The Morgan fingerprint density at radius 2 is 2.09 bits per heavy atom. The number of furan rings is 1. The van der Waals surface area contributed by atoms with Crippen LogP contribution in [-0.4, -0.2) is 36.6 Å². The molecule has 7 heteroatoms. The van der Waals surface area contributed by atoms with Crippen molar-refractivity contribution in [2.45, 2.75) is 0 Å². The number of hydrogen-bond acceptors (Lipinski definition) is 5. The predicted molar refractivity (Wildman–Crippen MR) is 85.0 cm³/mol. The zero-order valence-corrected chi connectivity index (χ0v) is 12.4. The molecule has 0 aliphatic carbocycles. The van der Waals surface area contributed by atoms with Gasteiger partial charge >= 0.3 is 0 Å². The average molecular weight is 316 g/mol. The Kier molecular flexibility index (Phi) is 5.90. The number of nitrogens with two attached hydrogens (primary N) is 1. The molecule has 2 amide bonds. The lowest BCUT2D eigenvalue weighted by atomic mass is 10.0. The lowest BCUT2D eigenvalue weighted by molar-refractivity contribution is 0.0996. The average Bonchev–Trinajstić information content (AvgIpc) is 3.06. The second-order valence-electron chi connectivity index (χ2n) is 4.70. The molecule has 1 heterocycles. The number of aliphatic hydroxyl groups is 1. The van der Waals surface area contributed by atoms with Gasteiger partial charge in [-0.2, -0.15) is 0 Å². The van der Waals surface area contributed by atoms with Crippen molar-refractivity contribution in [2.24, 2.45) is 5.73 Å². The van der Waals surface area contributed by atoms with E-state index in [0.717, 1.165) is 0 Å². The van der Waals surface area contributed by atoms with Crippen LogP contribution in [-0.2, 0) is 0 Å². The molecular formula is C16H18N3O4. The minimum atomic E-state index is -0.645. The molecule has 0 atom stereocenters. The minimum Gasteiger partial charge on any atom is -0.459 e. The lowest BCUT2D eigenvalue weighted by Gasteiger charge is -2.13. The van der Waals surface area contributed by atoms with Gasteiger partial charge in [0.15, 0.2) is 5.76 Å². The molecule has 1 aromatic heterocycles. The highest BCUT2D eigenvalue weighted by Gasteiger charge is 2.17. The van der Waals surface area contributed by atoms with Crippen LogP contribution in [0.4, 0.5) is 5.69 Å². The number of carbonyl (C=O) groups excluding carboxylic acids is 2. The highest BCUT2D eigenvalue weighted by Crippen LogP contribution is 2.21. The highest BCUT2D eigenvalue weighted by molar-refractivity contribution is 6.08. The van der Waals surface area contributed by atoms with Gasteiger partial charge in [-0.15, -0.1) is 0 Å². The molecule has 0 unspecified atom stereocenters. The van der Waals surface area contributed by atoms with Crippen LogP contribution < -0.4 is 16.4 Å². The van der Waals surface area contributed by atoms with Crippen molar-refractivity contribution >= 4 is 17.5 Å². The van der Waals surface area contributed by atoms with Gasteiger partial charge in [0.2, 0.25) is 0 Å². The molecule has 0 saturated carbocycles. The van der Waals surface area contributed by atoms with Crippen LogP contribution in [0, 0.1) is 6.42 Å². The molecule has 0 aliphatic rings. The van der Waals surface area contributed by atoms with Crippen molar-refractivity contribution in [3.8, 4) is 0 Å². The molecule has 0 bridgehead atoms. The van der Waals surface area contributed by atoms with Gasteiger partial charge in [-0.3, -0.25) is 9.59 Å². The number of benzene rings is 1. The van der Waals surface area contributed by atoms with Crippen molar-refractivity contribution in [3.05, 3.63) is 59.9 Å². The van der Waals surface area contributed by atoms with Gasteiger partial charge in [-0.25, -0.2) is 0 Å². The zero-order valence-electron chi connectivity index (χ0n) is 12.4. The van der Waals surface area contributed by atoms with Crippen LogP contribution in [0.15, 0.2) is 41.0 Å². The number of amides is 2. The molecule has 5 N–H and O–H groups in total. The molecule has 0 fully saturated rings. The summed E-state index contributed by atoms with van der Waals surface area (Å²) in [7, 11) is 0. The first-order valence-electron chi connectivity index (χ1n) is 7.06. The summed E-state index contributed by atoms with van der Waals surface area (Å²) in [5.74, 6) is -0.971. The summed E-state index contributed by atoms with van der Waals surface area (Å²) in [6.45, 7) is 0.920. The first-order chi connectivity index (χ1) is 11.1. The van der Waals surface area contributed by atoms with Gasteiger partial charge in [0.05, 0.1) is 24.1 Å². The van der Waals surface area contributed by atoms with E-state index < -0.39 is 11.8 Å². The van der Waals surface area contributed by atoms with Crippen molar-refractivity contribution in [2.75, 3.05) is 25.0 Å². The van der Waals surface area contributed by atoms with E-state index in [-0.39, 0.29) is 17.9 Å². The van der Waals surface area contributed by atoms with Gasteiger partial charge in [0, 0.05) is 19.5 Å². The van der Waals surface area contributed by atoms with Gasteiger partial charge in [0.25, 0.3) is 11.8 Å². The molecule has 0 spiro atoms. The summed E-state index contributed by atoms with van der Waals surface area (Å²) in [4.78, 5) is 23.8. The van der Waals surface area contributed by atoms with E-state index >= 15 is 0 Å². The van der Waals surface area contributed by atoms with Crippen LogP contribution in [0.3, 0.4) is 0 Å². The maximum atomic E-state index is 12.1. The molecule has 1 radical (unpaired) electrons. The topological polar surface area (TPSA) is 118 Å². The SMILES string of the molecule is NC(=O)c1c([CH]CNCCO)cccc1NC(=O)c1ccco1. The third kappa shape index (κ3) is 4.41. The monoisotopic (exact) mass is 316 g/mol. The van der Waals surface area contributed by atoms with E-state index in [1.165, 1.54) is 12.3 Å². The van der Waals surface area contributed by atoms with Gasteiger partial charge in [0.1, 0.15) is 0 Å². The molecule has 121 valence electrons. The van der Waals surface area contributed by atoms with Crippen molar-refractivity contribution in [1.82, 2.24) is 5.32 Å². The predicted octanol–water partition coefficient (Wildman–Crippen LogP) is 0.765. The summed E-state index contributed by atoms with van der Waals surface area (Å²) in [6, 6.07) is 8.15. The summed E-state index contributed by atoms with van der Waals surface area (Å²) in [5, 5.41) is 14.3. The number of anilines is 1. The summed E-state index contributed by atoms with van der Waals surface area (Å²) in [6.07, 6.45) is 3.15. The van der Waals surface area contributed by atoms with Gasteiger partial charge < -0.3 is 25.9 Å². The molecule has 7 nitrogen and oxygen atoms in total. The van der Waals surface area contributed by atoms with Crippen LogP contribution >= 0.6 is 0 Å². The number of aliphatic hydroxyl groups excluding tert-OH is 1. The third-order valence-electron chi connectivity index (χ3n) is 3.09. The minimum absolute atomic E-state index is 0.0236. The summed E-state index contributed by atoms with van der Waals surface area (Å²) in [5.41, 5.74) is 6.58. The van der Waals surface area contributed by atoms with Crippen LogP contribution in [0.25, 0.3) is 0 Å². The normalized spacial score (nSPS) is 10.5. The molecule has 0 saturated heterocycles. The first-order valence-corrected chi connectivity index (χ1v) is 7.06. The first kappa shape index (κ1) is 16.7. The van der Waals surface area contributed by atoms with E-state index in [1.54, 1.807) is 30.7 Å². The molecule has 0 aliphatic heterocycles. The van der Waals surface area contributed by atoms with Gasteiger partial charge in [-0.1, -0.05) is 12.1 Å². The van der Waals surface area contributed by atoms with Crippen LogP contribution in [0.5, 0.6) is 0 Å². The van der Waals surface area contributed by atoms with Crippen molar-refractivity contribution < 1.29 is 19.1 Å². The molecule has 2 aromatic rings. The zero-order chi connectivity index (χ0) is 16.7. The number of hydrogen-bond donors (Lipinski definition) is 4. The van der Waals surface area contributed by atoms with E-state index in [1.807, 2.05) is 0 Å². The molecule has 1 aromatic carbocycles. The lowest BCUT2D eigenvalue weighted by Crippen LogP contribution is -2.23. The third-order valence-corrected chi connectivity index (χ3v) is 3.09. The molecular weight excluding hydrogens is 298 g/mol. The Balaban J connectivity index is 2.18. The van der Waals surface area contributed by atoms with E-state index in [0.29, 0.717) is 24.3 Å². The Morgan fingerprint density at radius 1 is 1.26 bits per heavy atom. The van der Waals surface area contributed by atoms with Gasteiger partial charge in [-0.05, 0) is 23.8 Å². The Labute approximate surface area is 133 Å².